The molecule has 0 saturated carbocycles. The topological polar surface area (TPSA) is 89.0 Å². The summed E-state index contributed by atoms with van der Waals surface area (Å²) in [5.41, 5.74) is 0.113. The van der Waals surface area contributed by atoms with Gasteiger partial charge in [0.15, 0.2) is 9.84 Å². The number of amides is 1. The molecular formula is C12H13N3O3S2. The molecule has 0 unspecified atom stereocenters. The zero-order chi connectivity index (χ0) is 14.8. The number of aromatic nitrogens is 2. The monoisotopic (exact) mass is 311 g/mol. The van der Waals surface area contributed by atoms with E-state index in [1.54, 1.807) is 19.1 Å². The lowest BCUT2D eigenvalue weighted by molar-refractivity contribution is 0.102. The van der Waals surface area contributed by atoms with Crippen molar-refractivity contribution in [2.24, 2.45) is 0 Å². The Morgan fingerprint density at radius 3 is 2.60 bits per heavy atom. The Morgan fingerprint density at radius 1 is 1.30 bits per heavy atom. The number of aryl methyl sites for hydroxylation is 1. The molecule has 0 bridgehead atoms. The van der Waals surface area contributed by atoms with Crippen LogP contribution in [0.2, 0.25) is 0 Å². The molecule has 0 atom stereocenters. The van der Waals surface area contributed by atoms with E-state index in [0.29, 0.717) is 5.13 Å². The second-order valence-electron chi connectivity index (χ2n) is 3.98. The van der Waals surface area contributed by atoms with Crippen LogP contribution >= 0.6 is 11.3 Å². The molecule has 2 aromatic rings. The van der Waals surface area contributed by atoms with E-state index < -0.39 is 15.7 Å². The van der Waals surface area contributed by atoms with Gasteiger partial charge in [-0.3, -0.25) is 10.1 Å². The fraction of sp³-hybridized carbons (Fsp3) is 0.250. The Labute approximate surface area is 120 Å². The van der Waals surface area contributed by atoms with Crippen molar-refractivity contribution < 1.29 is 13.2 Å². The largest absolute Gasteiger partial charge is 0.296 e. The van der Waals surface area contributed by atoms with Gasteiger partial charge in [-0.1, -0.05) is 30.4 Å². The van der Waals surface area contributed by atoms with Crippen molar-refractivity contribution in [1.82, 2.24) is 10.2 Å². The summed E-state index contributed by atoms with van der Waals surface area (Å²) in [4.78, 5) is 12.2. The van der Waals surface area contributed by atoms with Crippen LogP contribution in [0.3, 0.4) is 0 Å². The molecule has 0 aliphatic carbocycles. The lowest BCUT2D eigenvalue weighted by Crippen LogP contribution is -2.17. The molecule has 1 aromatic carbocycles. The number of anilines is 1. The van der Waals surface area contributed by atoms with Crippen LogP contribution in [0.4, 0.5) is 5.13 Å². The van der Waals surface area contributed by atoms with Gasteiger partial charge in [0.25, 0.3) is 5.91 Å². The smallest absolute Gasteiger partial charge is 0.258 e. The summed E-state index contributed by atoms with van der Waals surface area (Å²) < 4.78 is 24.0. The maximum Gasteiger partial charge on any atom is 0.258 e. The molecule has 2 rings (SSSR count). The van der Waals surface area contributed by atoms with Crippen LogP contribution in [0, 0.1) is 6.92 Å². The molecule has 1 heterocycles. The molecule has 20 heavy (non-hydrogen) atoms. The molecule has 0 radical (unpaired) electrons. The van der Waals surface area contributed by atoms with E-state index in [4.69, 9.17) is 0 Å². The van der Waals surface area contributed by atoms with Gasteiger partial charge in [0.2, 0.25) is 5.13 Å². The van der Waals surface area contributed by atoms with Crippen molar-refractivity contribution in [3.63, 3.8) is 0 Å². The number of hydrogen-bond donors (Lipinski definition) is 1. The van der Waals surface area contributed by atoms with Gasteiger partial charge in [-0.15, -0.1) is 10.2 Å². The van der Waals surface area contributed by atoms with E-state index in [1.807, 2.05) is 0 Å². The first-order valence-corrected chi connectivity index (χ1v) is 8.34. The van der Waals surface area contributed by atoms with Gasteiger partial charge in [0, 0.05) is 0 Å². The lowest BCUT2D eigenvalue weighted by Gasteiger charge is -2.08. The average Bonchev–Trinajstić information content (AvgIpc) is 2.84. The van der Waals surface area contributed by atoms with Crippen LogP contribution in [0.1, 0.15) is 22.3 Å². The number of carbonyl (C=O) groups excluding carboxylic acids is 1. The van der Waals surface area contributed by atoms with Gasteiger partial charge in [-0.2, -0.15) is 0 Å². The summed E-state index contributed by atoms with van der Waals surface area (Å²) in [6.45, 7) is 3.31. The molecule has 1 aromatic heterocycles. The lowest BCUT2D eigenvalue weighted by atomic mass is 10.2. The van der Waals surface area contributed by atoms with Crippen LogP contribution < -0.4 is 5.32 Å². The van der Waals surface area contributed by atoms with E-state index in [2.05, 4.69) is 15.5 Å². The molecule has 0 aliphatic heterocycles. The van der Waals surface area contributed by atoms with E-state index in [-0.39, 0.29) is 16.2 Å². The normalized spacial score (nSPS) is 11.3. The van der Waals surface area contributed by atoms with Crippen molar-refractivity contribution in [2.45, 2.75) is 18.7 Å². The summed E-state index contributed by atoms with van der Waals surface area (Å²) in [5, 5.41) is 11.2. The quantitative estimate of drug-likeness (QED) is 0.931. The molecule has 0 fully saturated rings. The minimum Gasteiger partial charge on any atom is -0.296 e. The first-order chi connectivity index (χ1) is 9.44. The third-order valence-electron chi connectivity index (χ3n) is 2.59. The van der Waals surface area contributed by atoms with Gasteiger partial charge < -0.3 is 0 Å². The maximum atomic E-state index is 12.2. The van der Waals surface area contributed by atoms with Gasteiger partial charge in [0.05, 0.1) is 16.2 Å². The van der Waals surface area contributed by atoms with Crippen LogP contribution in [0.5, 0.6) is 0 Å². The summed E-state index contributed by atoms with van der Waals surface area (Å²) in [6, 6.07) is 6.12. The van der Waals surface area contributed by atoms with Crippen LogP contribution in [-0.2, 0) is 9.84 Å². The summed E-state index contributed by atoms with van der Waals surface area (Å²) in [5.74, 6) is -0.566. The van der Waals surface area contributed by atoms with E-state index in [1.165, 1.54) is 30.4 Å². The molecule has 0 spiro atoms. The van der Waals surface area contributed by atoms with Gasteiger partial charge in [-0.05, 0) is 19.1 Å². The van der Waals surface area contributed by atoms with Crippen LogP contribution in [0.25, 0.3) is 0 Å². The first kappa shape index (κ1) is 14.6. The van der Waals surface area contributed by atoms with E-state index >= 15 is 0 Å². The van der Waals surface area contributed by atoms with Crippen molar-refractivity contribution in [3.05, 3.63) is 34.8 Å². The number of sulfone groups is 1. The number of rotatable bonds is 4. The highest BCUT2D eigenvalue weighted by Crippen LogP contribution is 2.20. The second kappa shape index (κ2) is 5.68. The number of benzene rings is 1. The first-order valence-electron chi connectivity index (χ1n) is 5.87. The van der Waals surface area contributed by atoms with Crippen molar-refractivity contribution in [1.29, 1.82) is 0 Å². The van der Waals surface area contributed by atoms with Crippen molar-refractivity contribution >= 4 is 32.2 Å². The molecule has 8 heteroatoms. The Bertz CT molecular complexity index is 738. The molecule has 1 N–H and O–H groups in total. The molecule has 0 aliphatic rings. The predicted molar refractivity (Wildman–Crippen MR) is 76.8 cm³/mol. The van der Waals surface area contributed by atoms with Crippen molar-refractivity contribution in [3.8, 4) is 0 Å². The number of carbonyl (C=O) groups is 1. The standard InChI is InChI=1S/C12H13N3O3S2/c1-3-20(17,18)10-7-5-4-6-9(10)11(16)13-12-15-14-8(2)19-12/h4-7H,3H2,1-2H3,(H,13,15,16). The minimum atomic E-state index is -3.45. The zero-order valence-corrected chi connectivity index (χ0v) is 12.6. The van der Waals surface area contributed by atoms with E-state index in [0.717, 1.165) is 5.01 Å². The fourth-order valence-corrected chi connectivity index (χ4v) is 3.27. The SMILES string of the molecule is CCS(=O)(=O)c1ccccc1C(=O)Nc1nnc(C)s1. The molecular weight excluding hydrogens is 298 g/mol. The average molecular weight is 311 g/mol. The molecule has 1 amide bonds. The Morgan fingerprint density at radius 2 is 2.00 bits per heavy atom. The predicted octanol–water partition coefficient (Wildman–Crippen LogP) is 1.89. The Balaban J connectivity index is 2.36. The molecule has 6 nitrogen and oxygen atoms in total. The molecule has 0 saturated heterocycles. The highest BCUT2D eigenvalue weighted by molar-refractivity contribution is 7.91. The highest BCUT2D eigenvalue weighted by Gasteiger charge is 2.21. The molecule has 106 valence electrons. The van der Waals surface area contributed by atoms with Crippen molar-refractivity contribution in [2.75, 3.05) is 11.1 Å². The number of hydrogen-bond acceptors (Lipinski definition) is 6. The summed E-state index contributed by atoms with van der Waals surface area (Å²) in [7, 11) is -3.45. The summed E-state index contributed by atoms with van der Waals surface area (Å²) >= 11 is 1.23. The van der Waals surface area contributed by atoms with Crippen LogP contribution in [-0.4, -0.2) is 30.3 Å². The zero-order valence-electron chi connectivity index (χ0n) is 11.0. The minimum absolute atomic E-state index is 0.0289. The fourth-order valence-electron chi connectivity index (χ4n) is 1.59. The van der Waals surface area contributed by atoms with Gasteiger partial charge in [0.1, 0.15) is 5.01 Å². The van der Waals surface area contributed by atoms with Gasteiger partial charge in [-0.25, -0.2) is 8.42 Å². The number of nitrogens with one attached hydrogen (secondary N) is 1. The third kappa shape index (κ3) is 3.02. The Hall–Kier alpha value is -1.80. The second-order valence-corrected chi connectivity index (χ2v) is 7.41. The third-order valence-corrected chi connectivity index (χ3v) is 5.13. The van der Waals surface area contributed by atoms with Crippen LogP contribution in [0.15, 0.2) is 29.2 Å². The Kier molecular flexibility index (Phi) is 4.15. The number of nitrogens with zero attached hydrogens (tertiary/aromatic N) is 2. The summed E-state index contributed by atoms with van der Waals surface area (Å²) in [6.07, 6.45) is 0. The maximum absolute atomic E-state index is 12.2. The highest BCUT2D eigenvalue weighted by atomic mass is 32.2. The van der Waals surface area contributed by atoms with Gasteiger partial charge >= 0.3 is 0 Å². The van der Waals surface area contributed by atoms with E-state index in [9.17, 15) is 13.2 Å².